The quantitative estimate of drug-likeness (QED) is 0.492. The summed E-state index contributed by atoms with van der Waals surface area (Å²) in [4.78, 5) is 9.37. The van der Waals surface area contributed by atoms with Gasteiger partial charge in [0.1, 0.15) is 0 Å². The van der Waals surface area contributed by atoms with Crippen LogP contribution in [0.15, 0.2) is 11.8 Å². The van der Waals surface area contributed by atoms with Crippen molar-refractivity contribution in [3.8, 4) is 0 Å². The minimum absolute atomic E-state index is 1.12. The van der Waals surface area contributed by atoms with Gasteiger partial charge in [0.15, 0.2) is 0 Å². The van der Waals surface area contributed by atoms with Crippen molar-refractivity contribution < 1.29 is 4.80 Å². The molecule has 0 heterocycles. The van der Waals surface area contributed by atoms with Crippen molar-refractivity contribution in [1.82, 2.24) is 0 Å². The van der Waals surface area contributed by atoms with Crippen LogP contribution in [0, 0.1) is 0 Å². The Morgan fingerprint density at radius 2 is 2.00 bits per heavy atom. The van der Waals surface area contributed by atoms with Crippen molar-refractivity contribution in [2.24, 2.45) is 0 Å². The topological polar surface area (TPSA) is 20.2 Å². The first-order valence-corrected chi connectivity index (χ1v) is 6.99. The van der Waals surface area contributed by atoms with Crippen LogP contribution in [0.1, 0.15) is 26.2 Å². The fraction of sp³-hybridized carbons (Fsp3) is 0.750. The lowest BCUT2D eigenvalue weighted by molar-refractivity contribution is 0.567. The molecule has 0 spiro atoms. The smallest absolute Gasteiger partial charge is 0.206 e. The Balaban J connectivity index is 3.37. The molecule has 0 unspecified atom stereocenters. The molecule has 0 aliphatic heterocycles. The first kappa shape index (κ1) is 9.92. The van der Waals surface area contributed by atoms with Crippen LogP contribution < -0.4 is 0 Å². The Morgan fingerprint density at radius 3 is 2.40 bits per heavy atom. The van der Waals surface area contributed by atoms with Gasteiger partial charge >= 0.3 is 0 Å². The summed E-state index contributed by atoms with van der Waals surface area (Å²) in [6, 6.07) is 0. The zero-order chi connectivity index (χ0) is 8.04. The standard InChI is InChI=1S/C8H18OSi/c1-4-5-6-7-8-10(2,3)9/h7-9H,4-6H2,1-3H3/b8-7+. The molecule has 1 nitrogen and oxygen atoms in total. The van der Waals surface area contributed by atoms with E-state index in [4.69, 9.17) is 0 Å². The second-order valence-corrected chi connectivity index (χ2v) is 6.84. The van der Waals surface area contributed by atoms with E-state index in [1.54, 1.807) is 0 Å². The second kappa shape index (κ2) is 4.69. The molecule has 0 aliphatic carbocycles. The van der Waals surface area contributed by atoms with Crippen molar-refractivity contribution in [3.63, 3.8) is 0 Å². The minimum Gasteiger partial charge on any atom is -0.428 e. The SMILES string of the molecule is CCCC/C=C/[Si](C)(C)O. The van der Waals surface area contributed by atoms with Crippen LogP contribution in [-0.2, 0) is 0 Å². The fourth-order valence-corrected chi connectivity index (χ4v) is 1.44. The zero-order valence-corrected chi connectivity index (χ0v) is 8.22. The molecule has 1 N–H and O–H groups in total. The van der Waals surface area contributed by atoms with Crippen LogP contribution in [0.3, 0.4) is 0 Å². The third kappa shape index (κ3) is 7.92. The van der Waals surface area contributed by atoms with E-state index < -0.39 is 8.32 Å². The van der Waals surface area contributed by atoms with Crippen LogP contribution >= 0.6 is 0 Å². The predicted molar refractivity (Wildman–Crippen MR) is 48.4 cm³/mol. The maximum Gasteiger partial charge on any atom is 0.206 e. The van der Waals surface area contributed by atoms with Gasteiger partial charge < -0.3 is 4.80 Å². The largest absolute Gasteiger partial charge is 0.428 e. The van der Waals surface area contributed by atoms with Crippen LogP contribution in [-0.4, -0.2) is 13.1 Å². The molecule has 0 saturated heterocycles. The molecule has 0 fully saturated rings. The van der Waals surface area contributed by atoms with E-state index in [-0.39, 0.29) is 0 Å². The van der Waals surface area contributed by atoms with Crippen molar-refractivity contribution in [3.05, 3.63) is 11.8 Å². The normalized spacial score (nSPS) is 12.8. The van der Waals surface area contributed by atoms with Crippen LogP contribution in [0.4, 0.5) is 0 Å². The lowest BCUT2D eigenvalue weighted by Gasteiger charge is -2.05. The summed E-state index contributed by atoms with van der Waals surface area (Å²) >= 11 is 0. The van der Waals surface area contributed by atoms with Gasteiger partial charge in [0, 0.05) is 0 Å². The highest BCUT2D eigenvalue weighted by atomic mass is 28.4. The van der Waals surface area contributed by atoms with Crippen LogP contribution in [0.25, 0.3) is 0 Å². The summed E-state index contributed by atoms with van der Waals surface area (Å²) in [6.07, 6.45) is 5.70. The Morgan fingerprint density at radius 1 is 1.40 bits per heavy atom. The summed E-state index contributed by atoms with van der Waals surface area (Å²) in [5.74, 6) is 0. The maximum atomic E-state index is 9.37. The molecular weight excluding hydrogens is 140 g/mol. The van der Waals surface area contributed by atoms with E-state index in [0.29, 0.717) is 0 Å². The Hall–Kier alpha value is -0.0831. The molecule has 0 aromatic carbocycles. The van der Waals surface area contributed by atoms with Gasteiger partial charge in [-0.15, -0.1) is 0 Å². The lowest BCUT2D eigenvalue weighted by atomic mass is 10.2. The van der Waals surface area contributed by atoms with Gasteiger partial charge in [-0.2, -0.15) is 0 Å². The third-order valence-corrected chi connectivity index (χ3v) is 2.30. The number of hydrogen-bond acceptors (Lipinski definition) is 1. The van der Waals surface area contributed by atoms with Gasteiger partial charge in [0.05, 0.1) is 0 Å². The number of rotatable bonds is 4. The van der Waals surface area contributed by atoms with Gasteiger partial charge in [-0.05, 0) is 19.5 Å². The van der Waals surface area contributed by atoms with Crippen molar-refractivity contribution in [1.29, 1.82) is 0 Å². The van der Waals surface area contributed by atoms with Crippen molar-refractivity contribution in [2.45, 2.75) is 39.3 Å². The number of allylic oxidation sites excluding steroid dienone is 1. The predicted octanol–water partition coefficient (Wildman–Crippen LogP) is 2.47. The maximum absolute atomic E-state index is 9.37. The van der Waals surface area contributed by atoms with Crippen LogP contribution in [0.2, 0.25) is 13.1 Å². The molecule has 0 rings (SSSR count). The molecule has 0 amide bonds. The molecular formula is C8H18OSi. The molecule has 0 atom stereocenters. The number of unbranched alkanes of at least 4 members (excludes halogenated alkanes) is 2. The molecule has 60 valence electrons. The minimum atomic E-state index is -1.89. The van der Waals surface area contributed by atoms with E-state index in [0.717, 1.165) is 6.42 Å². The van der Waals surface area contributed by atoms with Gasteiger partial charge in [-0.25, -0.2) is 0 Å². The molecule has 0 aromatic heterocycles. The molecule has 0 radical (unpaired) electrons. The van der Waals surface area contributed by atoms with E-state index in [9.17, 15) is 4.80 Å². The summed E-state index contributed by atoms with van der Waals surface area (Å²) in [7, 11) is -1.89. The highest BCUT2D eigenvalue weighted by Gasteiger charge is 2.09. The van der Waals surface area contributed by atoms with E-state index in [1.807, 2.05) is 18.8 Å². The van der Waals surface area contributed by atoms with Gasteiger partial charge in [-0.3, -0.25) is 0 Å². The first-order valence-electron chi connectivity index (χ1n) is 3.96. The van der Waals surface area contributed by atoms with Crippen molar-refractivity contribution >= 4 is 8.32 Å². The van der Waals surface area contributed by atoms with Crippen molar-refractivity contribution in [2.75, 3.05) is 0 Å². The Kier molecular flexibility index (Phi) is 4.65. The molecule has 0 saturated carbocycles. The Bertz CT molecular complexity index is 102. The van der Waals surface area contributed by atoms with Crippen LogP contribution in [0.5, 0.6) is 0 Å². The lowest BCUT2D eigenvalue weighted by Crippen LogP contribution is -2.21. The fourth-order valence-electron chi connectivity index (χ4n) is 0.694. The first-order chi connectivity index (χ1) is 4.56. The average Bonchev–Trinajstić information content (AvgIpc) is 1.78. The zero-order valence-electron chi connectivity index (χ0n) is 7.22. The summed E-state index contributed by atoms with van der Waals surface area (Å²) in [5.41, 5.74) is 1.99. The van der Waals surface area contributed by atoms with E-state index in [2.05, 4.69) is 13.0 Å². The monoisotopic (exact) mass is 158 g/mol. The molecule has 2 heteroatoms. The molecule has 0 aliphatic rings. The molecule has 0 aromatic rings. The second-order valence-electron chi connectivity index (χ2n) is 3.20. The molecule has 10 heavy (non-hydrogen) atoms. The van der Waals surface area contributed by atoms with E-state index in [1.165, 1.54) is 12.8 Å². The summed E-state index contributed by atoms with van der Waals surface area (Å²) < 4.78 is 0. The van der Waals surface area contributed by atoms with E-state index >= 15 is 0 Å². The highest BCUT2D eigenvalue weighted by Crippen LogP contribution is 2.01. The third-order valence-electron chi connectivity index (χ3n) is 1.25. The van der Waals surface area contributed by atoms with Gasteiger partial charge in [-0.1, -0.05) is 31.5 Å². The summed E-state index contributed by atoms with van der Waals surface area (Å²) in [5, 5.41) is 0. The highest BCUT2D eigenvalue weighted by molar-refractivity contribution is 6.74. The average molecular weight is 158 g/mol. The summed E-state index contributed by atoms with van der Waals surface area (Å²) in [6.45, 7) is 6.03. The number of hydrogen-bond donors (Lipinski definition) is 1. The molecule has 0 bridgehead atoms. The Labute approximate surface area is 64.9 Å². The van der Waals surface area contributed by atoms with Gasteiger partial charge in [0.2, 0.25) is 8.32 Å². The van der Waals surface area contributed by atoms with Gasteiger partial charge in [0.25, 0.3) is 0 Å².